The average molecular weight is 309 g/mol. The first-order valence-corrected chi connectivity index (χ1v) is 9.54. The zero-order valence-electron chi connectivity index (χ0n) is 7.77. The normalized spacial score (nSPS) is 11.5. The van der Waals surface area contributed by atoms with Gasteiger partial charge < -0.3 is 14.9 Å². The maximum atomic E-state index is 10.1. The zero-order valence-corrected chi connectivity index (χ0v) is 10.5. The van der Waals surface area contributed by atoms with Gasteiger partial charge in [-0.1, -0.05) is 0 Å². The molecule has 0 bridgehead atoms. The van der Waals surface area contributed by atoms with Gasteiger partial charge in [-0.3, -0.25) is 14.7 Å². The van der Waals surface area contributed by atoms with E-state index in [0.29, 0.717) is 0 Å². The van der Waals surface area contributed by atoms with Crippen LogP contribution in [0.25, 0.3) is 0 Å². The minimum atomic E-state index is -4.12. The summed E-state index contributed by atoms with van der Waals surface area (Å²) in [5.74, 6) is -1.14. The van der Waals surface area contributed by atoms with Crippen molar-refractivity contribution in [1.29, 1.82) is 0 Å². The Labute approximate surface area is 88.3 Å². The molecule has 0 spiro atoms. The molecule has 0 aromatic heterocycles. The molecule has 0 aromatic rings. The number of carbonyl (C=O) groups is 1. The van der Waals surface area contributed by atoms with E-state index in [-0.39, 0.29) is 0 Å². The molecule has 0 saturated carbocycles. The van der Waals surface area contributed by atoms with E-state index in [1.807, 2.05) is 0 Å². The number of rotatable bonds is 4. The predicted molar refractivity (Wildman–Crippen MR) is 49.3 cm³/mol. The smallest absolute Gasteiger partial charge is 0.339 e. The van der Waals surface area contributed by atoms with Crippen LogP contribution in [-0.4, -0.2) is 56.1 Å². The fourth-order valence-electron chi connectivity index (χ4n) is 0.308. The van der Waals surface area contributed by atoms with Crippen molar-refractivity contribution in [2.75, 3.05) is 12.8 Å². The average Bonchev–Trinajstić information content (AvgIpc) is 1.77. The molecule has 0 saturated heterocycles. The van der Waals surface area contributed by atoms with Gasteiger partial charge in [-0.05, 0) is 0 Å². The van der Waals surface area contributed by atoms with Gasteiger partial charge in [0, 0.05) is 0 Å². The number of hydrogen-bond acceptors (Lipinski definition) is 4. The maximum Gasteiger partial charge on any atom is 0.339 e. The Hall–Kier alpha value is -0.142. The third-order valence-electron chi connectivity index (χ3n) is 0.594. The van der Waals surface area contributed by atoms with Crippen molar-refractivity contribution in [2.45, 2.75) is 5.71 Å². The van der Waals surface area contributed by atoms with Gasteiger partial charge in [0.2, 0.25) is 0 Å². The van der Waals surface area contributed by atoms with Crippen LogP contribution in [0.2, 0.25) is 5.71 Å². The molecule has 0 atom stereocenters. The van der Waals surface area contributed by atoms with E-state index in [1.54, 1.807) is 0 Å². The summed E-state index contributed by atoms with van der Waals surface area (Å²) in [5.41, 5.74) is 0.915. The third-order valence-corrected chi connectivity index (χ3v) is 1.23. The van der Waals surface area contributed by atoms with Crippen molar-refractivity contribution < 1.29 is 36.2 Å². The van der Waals surface area contributed by atoms with Crippen LogP contribution in [0, 0.1) is 0 Å². The van der Waals surface area contributed by atoms with Gasteiger partial charge in [0.1, 0.15) is 0 Å². The fourth-order valence-corrected chi connectivity index (χ4v) is 0.712. The summed E-state index contributed by atoms with van der Waals surface area (Å²) in [6.07, 6.45) is -0.598. The molecule has 9 nitrogen and oxygen atoms in total. The van der Waals surface area contributed by atoms with Gasteiger partial charge in [-0.15, -0.1) is 0 Å². The number of carboxylic acids is 1. The Morgan fingerprint density at radius 3 is 1.93 bits per heavy atom. The molecule has 0 fully saturated rings. The molecular weight excluding hydrogens is 296 g/mol. The van der Waals surface area contributed by atoms with Gasteiger partial charge >= 0.3 is 45.4 Å². The van der Waals surface area contributed by atoms with Crippen molar-refractivity contribution in [2.24, 2.45) is 0 Å². The molecule has 0 amide bonds. The molecule has 0 rings (SSSR count). The monoisotopic (exact) mass is 309 g/mol. The van der Waals surface area contributed by atoms with Crippen molar-refractivity contribution in [3.63, 3.8) is 0 Å². The van der Waals surface area contributed by atoms with Crippen LogP contribution >= 0.6 is 7.60 Å². The number of hydrogen-bond donors (Lipinski definition) is 6. The van der Waals surface area contributed by atoms with Crippen LogP contribution in [0.4, 0.5) is 0 Å². The van der Waals surface area contributed by atoms with Crippen LogP contribution in [0.5, 0.6) is 0 Å². The first kappa shape index (κ1) is 17.3. The summed E-state index contributed by atoms with van der Waals surface area (Å²) in [6.45, 7) is -0.439. The second kappa shape index (κ2) is 7.18. The van der Waals surface area contributed by atoms with Crippen molar-refractivity contribution in [3.8, 4) is 0 Å². The molecule has 0 radical (unpaired) electrons. The SMILES string of the molecule is C[As](=O)(O)O.O=C(O)CNCP(=O)(O)O. The first-order chi connectivity index (χ1) is 6.42. The molecule has 11 heteroatoms. The minimum absolute atomic E-state index is 0.439. The van der Waals surface area contributed by atoms with Crippen LogP contribution in [0.1, 0.15) is 0 Å². The molecule has 0 aromatic carbocycles. The molecule has 0 aliphatic carbocycles. The van der Waals surface area contributed by atoms with E-state index in [1.165, 1.54) is 0 Å². The van der Waals surface area contributed by atoms with Crippen molar-refractivity contribution in [1.82, 2.24) is 5.32 Å². The minimum Gasteiger partial charge on any atom is -0.480 e. The van der Waals surface area contributed by atoms with Gasteiger partial charge in [0.25, 0.3) is 0 Å². The van der Waals surface area contributed by atoms with E-state index < -0.39 is 40.6 Å². The first-order valence-electron chi connectivity index (χ1n) is 3.42. The summed E-state index contributed by atoms with van der Waals surface area (Å²) >= 11 is -4.12. The molecule has 0 heterocycles. The largest absolute Gasteiger partial charge is 0.480 e. The summed E-state index contributed by atoms with van der Waals surface area (Å²) in [4.78, 5) is 26.1. The Balaban J connectivity index is 0. The Bertz CT molecular complexity index is 272. The van der Waals surface area contributed by atoms with Crippen LogP contribution in [0.15, 0.2) is 0 Å². The van der Waals surface area contributed by atoms with Gasteiger partial charge in [0.15, 0.2) is 0 Å². The van der Waals surface area contributed by atoms with Gasteiger partial charge in [-0.25, -0.2) is 0 Å². The Kier molecular flexibility index (Phi) is 8.27. The number of nitrogens with one attached hydrogen (secondary N) is 1. The molecular formula is C4H13AsNO8P. The number of aliphatic carboxylic acids is 1. The van der Waals surface area contributed by atoms with E-state index >= 15 is 0 Å². The maximum absolute atomic E-state index is 10.1. The second-order valence-corrected chi connectivity index (χ2v) is 7.63. The summed E-state index contributed by atoms with van der Waals surface area (Å²) in [6, 6.07) is 0. The van der Waals surface area contributed by atoms with Crippen LogP contribution < -0.4 is 5.32 Å². The summed E-state index contributed by atoms with van der Waals surface area (Å²) < 4.78 is 34.8. The molecule has 15 heavy (non-hydrogen) atoms. The number of carboxylic acid groups (broad SMARTS) is 1. The van der Waals surface area contributed by atoms with Crippen molar-refractivity contribution in [3.05, 3.63) is 0 Å². The Morgan fingerprint density at radius 1 is 1.40 bits per heavy atom. The topological polar surface area (TPSA) is 164 Å². The fraction of sp³-hybridized carbons (Fsp3) is 0.750. The quantitative estimate of drug-likeness (QED) is 0.249. The van der Waals surface area contributed by atoms with Gasteiger partial charge in [0.05, 0.1) is 12.8 Å². The van der Waals surface area contributed by atoms with E-state index in [0.717, 1.165) is 5.71 Å². The molecule has 0 aliphatic rings. The Morgan fingerprint density at radius 2 is 1.73 bits per heavy atom. The molecule has 92 valence electrons. The van der Waals surface area contributed by atoms with E-state index in [4.69, 9.17) is 23.1 Å². The van der Waals surface area contributed by atoms with E-state index in [9.17, 15) is 13.1 Å². The van der Waals surface area contributed by atoms with E-state index in [2.05, 4.69) is 5.32 Å². The van der Waals surface area contributed by atoms with Gasteiger partial charge in [-0.2, -0.15) is 0 Å². The summed E-state index contributed by atoms with van der Waals surface area (Å²) in [7, 11) is -4.10. The second-order valence-electron chi connectivity index (χ2n) is 2.48. The van der Waals surface area contributed by atoms with Crippen molar-refractivity contribution >= 4 is 27.7 Å². The van der Waals surface area contributed by atoms with Crippen LogP contribution in [-0.2, 0) is 13.1 Å². The predicted octanol–water partition coefficient (Wildman–Crippen LogP) is -2.23. The third kappa shape index (κ3) is 41.4. The molecule has 0 aliphatic heterocycles. The summed E-state index contributed by atoms with van der Waals surface area (Å²) in [5, 5.41) is 10.1. The standard InChI is InChI=1S/C3H8NO5P.CH5AsO3/c5-3(6)1-4-2-10(7,8)9;1-2(3,4)5/h4H,1-2H2,(H,5,6)(H2,7,8,9);1H3,(H2,3,4,5). The van der Waals surface area contributed by atoms with Crippen LogP contribution in [0.3, 0.4) is 0 Å². The zero-order chi connectivity index (χ0) is 12.7. The molecule has 0 unspecified atom stereocenters. The molecule has 6 N–H and O–H groups in total.